The molecule has 1 aromatic carbocycles. The molecule has 3 nitrogen and oxygen atoms in total. The fourth-order valence-corrected chi connectivity index (χ4v) is 3.66. The fourth-order valence-electron chi connectivity index (χ4n) is 2.61. The minimum atomic E-state index is -4.35. The van der Waals surface area contributed by atoms with Crippen molar-refractivity contribution in [3.63, 3.8) is 0 Å². The number of hydrogen-bond acceptors (Lipinski definition) is 2. The summed E-state index contributed by atoms with van der Waals surface area (Å²) >= 11 is 8.06. The van der Waals surface area contributed by atoms with Crippen LogP contribution in [0.1, 0.15) is 26.2 Å². The molecule has 2 unspecified atom stereocenters. The summed E-state index contributed by atoms with van der Waals surface area (Å²) in [6.45, 7) is 1.44. The Balaban J connectivity index is 2.03. The summed E-state index contributed by atoms with van der Waals surface area (Å²) in [7, 11) is 0. The Kier molecular flexibility index (Phi) is 6.90. The highest BCUT2D eigenvalue weighted by molar-refractivity contribution is 14.1. The van der Waals surface area contributed by atoms with Crippen LogP contribution in [0, 0.1) is 9.49 Å². The number of carbonyl (C=O) groups excluding carboxylic acids is 1. The summed E-state index contributed by atoms with van der Waals surface area (Å²) < 4.78 is 39.6. The summed E-state index contributed by atoms with van der Waals surface area (Å²) in [5.74, 6) is -1.99. The molecule has 0 saturated carbocycles. The van der Waals surface area contributed by atoms with Crippen molar-refractivity contribution in [3.05, 3.63) is 34.0 Å². The van der Waals surface area contributed by atoms with Gasteiger partial charge >= 0.3 is 6.18 Å². The molecule has 0 radical (unpaired) electrons. The minimum absolute atomic E-state index is 0.0405. The van der Waals surface area contributed by atoms with Gasteiger partial charge in [0, 0.05) is 27.0 Å². The van der Waals surface area contributed by atoms with E-state index in [4.69, 9.17) is 11.6 Å². The third kappa shape index (κ3) is 5.20. The van der Waals surface area contributed by atoms with Crippen molar-refractivity contribution in [1.82, 2.24) is 4.98 Å². The van der Waals surface area contributed by atoms with E-state index in [1.54, 1.807) is 18.3 Å². The van der Waals surface area contributed by atoms with Crippen LogP contribution in [0.5, 0.6) is 0 Å². The lowest BCUT2D eigenvalue weighted by molar-refractivity contribution is -0.176. The lowest BCUT2D eigenvalue weighted by atomic mass is 9.98. The first-order valence-corrected chi connectivity index (χ1v) is 9.29. The summed E-state index contributed by atoms with van der Waals surface area (Å²) in [6.07, 6.45) is -2.96. The van der Waals surface area contributed by atoms with E-state index in [2.05, 4.69) is 32.9 Å². The van der Waals surface area contributed by atoms with E-state index in [1.807, 2.05) is 12.1 Å². The predicted molar refractivity (Wildman–Crippen MR) is 102 cm³/mol. The van der Waals surface area contributed by atoms with Crippen molar-refractivity contribution < 1.29 is 18.0 Å². The van der Waals surface area contributed by atoms with Crippen LogP contribution in [0.15, 0.2) is 30.5 Å². The van der Waals surface area contributed by atoms with Gasteiger partial charge in [-0.05, 0) is 53.6 Å². The summed E-state index contributed by atoms with van der Waals surface area (Å²) in [5, 5.41) is 2.50. The molecular weight excluding hydrogens is 468 g/mol. The average Bonchev–Trinajstić information content (AvgIpc) is 2.55. The summed E-state index contributed by atoms with van der Waals surface area (Å²) in [6, 6.07) is 7.28. The second-order valence-corrected chi connectivity index (χ2v) is 7.38. The lowest BCUT2D eigenvalue weighted by Crippen LogP contribution is -2.31. The molecular formula is C17H17ClF3IN2O. The lowest BCUT2D eigenvalue weighted by Gasteiger charge is -2.23. The number of fused-ring (bicyclic) bond motifs is 1. The number of nitrogens with zero attached hydrogens (tertiary/aromatic N) is 1. The van der Waals surface area contributed by atoms with Crippen LogP contribution in [-0.2, 0) is 4.79 Å². The molecule has 0 bridgehead atoms. The maximum atomic E-state index is 12.9. The van der Waals surface area contributed by atoms with Crippen LogP contribution in [0.2, 0.25) is 0 Å². The van der Waals surface area contributed by atoms with Crippen molar-refractivity contribution >= 4 is 56.7 Å². The standard InChI is InChI=1S/C17H17ClF3IN2O/c1-2-11(17(19,20)21)12(18)5-8-15(25)24-14-7-6-13(22)10-4-3-9-23-16(10)14/h3-4,6-7,9,11-12H,2,5,8H2,1H3,(H,24,25). The quantitative estimate of drug-likeness (QED) is 0.419. The van der Waals surface area contributed by atoms with Crippen LogP contribution < -0.4 is 5.32 Å². The Morgan fingerprint density at radius 2 is 2.08 bits per heavy atom. The number of alkyl halides is 4. The van der Waals surface area contributed by atoms with Crippen molar-refractivity contribution in [3.8, 4) is 0 Å². The van der Waals surface area contributed by atoms with E-state index in [0.29, 0.717) is 11.2 Å². The van der Waals surface area contributed by atoms with Crippen LogP contribution in [-0.4, -0.2) is 22.4 Å². The van der Waals surface area contributed by atoms with E-state index in [-0.39, 0.29) is 25.2 Å². The molecule has 0 aliphatic rings. The van der Waals surface area contributed by atoms with Crippen molar-refractivity contribution in [2.45, 2.75) is 37.7 Å². The van der Waals surface area contributed by atoms with E-state index in [0.717, 1.165) is 8.96 Å². The molecule has 25 heavy (non-hydrogen) atoms. The molecule has 0 aliphatic heterocycles. The number of amides is 1. The molecule has 136 valence electrons. The van der Waals surface area contributed by atoms with Gasteiger partial charge in [0.1, 0.15) is 0 Å². The Morgan fingerprint density at radius 1 is 1.36 bits per heavy atom. The minimum Gasteiger partial charge on any atom is -0.324 e. The van der Waals surface area contributed by atoms with Crippen LogP contribution in [0.4, 0.5) is 18.9 Å². The van der Waals surface area contributed by atoms with Gasteiger partial charge in [-0.15, -0.1) is 11.6 Å². The highest BCUT2D eigenvalue weighted by Crippen LogP contribution is 2.35. The van der Waals surface area contributed by atoms with Gasteiger partial charge in [0.2, 0.25) is 5.91 Å². The number of nitrogens with one attached hydrogen (secondary N) is 1. The summed E-state index contributed by atoms with van der Waals surface area (Å²) in [5.41, 5.74) is 1.18. The molecule has 0 spiro atoms. The Hall–Kier alpha value is -1.09. The molecule has 0 saturated heterocycles. The molecule has 2 aromatic rings. The number of halogens is 5. The molecule has 0 fully saturated rings. The van der Waals surface area contributed by atoms with Gasteiger partial charge in [0.25, 0.3) is 0 Å². The molecule has 0 aliphatic carbocycles. The first-order chi connectivity index (χ1) is 11.7. The number of carbonyl (C=O) groups is 1. The molecule has 2 atom stereocenters. The van der Waals surface area contributed by atoms with Crippen LogP contribution in [0.25, 0.3) is 10.9 Å². The molecule has 8 heteroatoms. The number of hydrogen-bond donors (Lipinski definition) is 1. The second kappa shape index (κ2) is 8.53. The van der Waals surface area contributed by atoms with E-state index in [1.165, 1.54) is 6.92 Å². The Bertz CT molecular complexity index is 754. The van der Waals surface area contributed by atoms with Crippen molar-refractivity contribution in [1.29, 1.82) is 0 Å². The normalized spacial score (nSPS) is 14.3. The SMILES string of the molecule is CCC(C(Cl)CCC(=O)Nc1ccc(I)c2cccnc12)C(F)(F)F. The maximum Gasteiger partial charge on any atom is 0.393 e. The number of pyridine rings is 1. The number of anilines is 1. The van der Waals surface area contributed by atoms with Gasteiger partial charge in [-0.3, -0.25) is 9.78 Å². The van der Waals surface area contributed by atoms with E-state index >= 15 is 0 Å². The second-order valence-electron chi connectivity index (χ2n) is 5.65. The van der Waals surface area contributed by atoms with E-state index < -0.39 is 17.5 Å². The van der Waals surface area contributed by atoms with Gasteiger partial charge in [0.05, 0.1) is 17.1 Å². The van der Waals surface area contributed by atoms with Gasteiger partial charge in [0.15, 0.2) is 0 Å². The van der Waals surface area contributed by atoms with E-state index in [9.17, 15) is 18.0 Å². The van der Waals surface area contributed by atoms with Gasteiger partial charge < -0.3 is 5.32 Å². The number of aromatic nitrogens is 1. The first kappa shape index (κ1) is 20.2. The molecule has 1 heterocycles. The largest absolute Gasteiger partial charge is 0.393 e. The van der Waals surface area contributed by atoms with Gasteiger partial charge in [-0.1, -0.05) is 13.0 Å². The average molecular weight is 485 g/mol. The molecule has 1 aromatic heterocycles. The smallest absolute Gasteiger partial charge is 0.324 e. The molecule has 1 N–H and O–H groups in total. The molecule has 1 amide bonds. The Labute approximate surface area is 162 Å². The van der Waals surface area contributed by atoms with Crippen molar-refractivity contribution in [2.75, 3.05) is 5.32 Å². The third-order valence-corrected chi connectivity index (χ3v) is 5.40. The maximum absolute atomic E-state index is 12.9. The van der Waals surface area contributed by atoms with Gasteiger partial charge in [-0.2, -0.15) is 13.2 Å². The fraction of sp³-hybridized carbons (Fsp3) is 0.412. The predicted octanol–water partition coefficient (Wildman–Crippen LogP) is 5.75. The van der Waals surface area contributed by atoms with Gasteiger partial charge in [-0.25, -0.2) is 0 Å². The van der Waals surface area contributed by atoms with Crippen LogP contribution in [0.3, 0.4) is 0 Å². The zero-order valence-electron chi connectivity index (χ0n) is 13.4. The van der Waals surface area contributed by atoms with Crippen molar-refractivity contribution in [2.24, 2.45) is 5.92 Å². The molecule has 2 rings (SSSR count). The zero-order chi connectivity index (χ0) is 18.6. The number of rotatable bonds is 6. The zero-order valence-corrected chi connectivity index (χ0v) is 16.3. The third-order valence-electron chi connectivity index (χ3n) is 3.93. The Morgan fingerprint density at radius 3 is 2.72 bits per heavy atom. The van der Waals surface area contributed by atoms with Crippen LogP contribution >= 0.6 is 34.2 Å². The first-order valence-electron chi connectivity index (χ1n) is 7.78. The monoisotopic (exact) mass is 484 g/mol. The number of benzene rings is 1. The summed E-state index contributed by atoms with van der Waals surface area (Å²) in [4.78, 5) is 16.4. The highest BCUT2D eigenvalue weighted by Gasteiger charge is 2.42. The topological polar surface area (TPSA) is 42.0 Å². The highest BCUT2D eigenvalue weighted by atomic mass is 127.